The topological polar surface area (TPSA) is 86.3 Å². The molecule has 0 aromatic rings. The fourth-order valence-electron chi connectivity index (χ4n) is 2.98. The van der Waals surface area contributed by atoms with Crippen LogP contribution in [0, 0.1) is 0 Å². The van der Waals surface area contributed by atoms with Crippen molar-refractivity contribution in [1.82, 2.24) is 20.4 Å². The van der Waals surface area contributed by atoms with E-state index < -0.39 is 5.60 Å². The van der Waals surface area contributed by atoms with E-state index in [4.69, 9.17) is 4.74 Å². The van der Waals surface area contributed by atoms with Gasteiger partial charge in [-0.1, -0.05) is 0 Å². The minimum atomic E-state index is -0.496. The molecular formula is C19H35N5O3. The Balaban J connectivity index is 1.81. The zero-order valence-corrected chi connectivity index (χ0v) is 17.2. The van der Waals surface area contributed by atoms with Crippen molar-refractivity contribution < 1.29 is 14.3 Å². The molecule has 0 radical (unpaired) electrons. The Morgan fingerprint density at radius 1 is 1.19 bits per heavy atom. The molecule has 1 aliphatic carbocycles. The van der Waals surface area contributed by atoms with E-state index >= 15 is 0 Å². The average Bonchev–Trinajstić information content (AvgIpc) is 3.26. The second-order valence-corrected chi connectivity index (χ2v) is 8.11. The number of carbonyl (C=O) groups is 2. The average molecular weight is 382 g/mol. The number of likely N-dealkylation sites (tertiary alicyclic amines) is 1. The molecule has 2 aliphatic rings. The van der Waals surface area contributed by atoms with Gasteiger partial charge in [-0.05, 0) is 53.4 Å². The lowest BCUT2D eigenvalue weighted by molar-refractivity contribution is -0.128. The molecule has 0 unspecified atom stereocenters. The lowest BCUT2D eigenvalue weighted by atomic mass is 10.2. The highest BCUT2D eigenvalue weighted by Gasteiger charge is 2.34. The SMILES string of the molecule is CCNC(=NCC(=O)N1CCCC1)NCCN(C(=O)OC(C)(C)C)C1CC1. The van der Waals surface area contributed by atoms with Gasteiger partial charge in [-0.25, -0.2) is 9.79 Å². The number of nitrogens with one attached hydrogen (secondary N) is 2. The third-order valence-electron chi connectivity index (χ3n) is 4.44. The van der Waals surface area contributed by atoms with Crippen LogP contribution in [0.15, 0.2) is 4.99 Å². The molecule has 8 heteroatoms. The van der Waals surface area contributed by atoms with Crippen LogP contribution >= 0.6 is 0 Å². The summed E-state index contributed by atoms with van der Waals surface area (Å²) in [5.74, 6) is 0.669. The highest BCUT2D eigenvalue weighted by Crippen LogP contribution is 2.28. The molecule has 1 saturated carbocycles. The van der Waals surface area contributed by atoms with Gasteiger partial charge in [-0.2, -0.15) is 0 Å². The molecule has 0 atom stereocenters. The van der Waals surface area contributed by atoms with Gasteiger partial charge in [-0.15, -0.1) is 0 Å². The van der Waals surface area contributed by atoms with Gasteiger partial charge < -0.3 is 25.2 Å². The number of rotatable bonds is 7. The molecule has 1 heterocycles. The van der Waals surface area contributed by atoms with E-state index in [0.717, 1.165) is 38.8 Å². The van der Waals surface area contributed by atoms with E-state index in [1.807, 2.05) is 32.6 Å². The van der Waals surface area contributed by atoms with Crippen LogP contribution in [-0.2, 0) is 9.53 Å². The highest BCUT2D eigenvalue weighted by atomic mass is 16.6. The number of hydrogen-bond donors (Lipinski definition) is 2. The Kier molecular flexibility index (Phi) is 7.74. The summed E-state index contributed by atoms with van der Waals surface area (Å²) in [4.78, 5) is 32.6. The molecule has 0 aromatic heterocycles. The summed E-state index contributed by atoms with van der Waals surface area (Å²) in [5.41, 5.74) is -0.496. The largest absolute Gasteiger partial charge is 0.444 e. The van der Waals surface area contributed by atoms with Crippen molar-refractivity contribution in [3.63, 3.8) is 0 Å². The summed E-state index contributed by atoms with van der Waals surface area (Å²) in [5, 5.41) is 6.36. The van der Waals surface area contributed by atoms with Gasteiger partial charge in [0.15, 0.2) is 5.96 Å². The fourth-order valence-corrected chi connectivity index (χ4v) is 2.98. The zero-order chi connectivity index (χ0) is 19.9. The summed E-state index contributed by atoms with van der Waals surface area (Å²) >= 11 is 0. The van der Waals surface area contributed by atoms with E-state index in [-0.39, 0.29) is 24.6 Å². The molecule has 27 heavy (non-hydrogen) atoms. The summed E-state index contributed by atoms with van der Waals surface area (Å²) in [6.07, 6.45) is 3.94. The van der Waals surface area contributed by atoms with Crippen LogP contribution in [0.5, 0.6) is 0 Å². The third-order valence-corrected chi connectivity index (χ3v) is 4.44. The van der Waals surface area contributed by atoms with E-state index in [1.165, 1.54) is 0 Å². The van der Waals surface area contributed by atoms with Crippen LogP contribution in [0.4, 0.5) is 4.79 Å². The number of amides is 2. The second-order valence-electron chi connectivity index (χ2n) is 8.11. The maximum Gasteiger partial charge on any atom is 0.410 e. The van der Waals surface area contributed by atoms with Crippen molar-refractivity contribution in [3.8, 4) is 0 Å². The highest BCUT2D eigenvalue weighted by molar-refractivity contribution is 5.85. The van der Waals surface area contributed by atoms with Crippen molar-refractivity contribution in [2.75, 3.05) is 39.3 Å². The number of carbonyl (C=O) groups excluding carboxylic acids is 2. The van der Waals surface area contributed by atoms with Crippen molar-refractivity contribution in [2.45, 2.75) is 65.0 Å². The molecule has 0 spiro atoms. The van der Waals surface area contributed by atoms with Gasteiger partial charge in [-0.3, -0.25) is 4.79 Å². The molecular weight excluding hydrogens is 346 g/mol. The van der Waals surface area contributed by atoms with Gasteiger partial charge in [0.2, 0.25) is 5.91 Å². The molecule has 2 fully saturated rings. The smallest absolute Gasteiger partial charge is 0.410 e. The minimum absolute atomic E-state index is 0.0677. The zero-order valence-electron chi connectivity index (χ0n) is 17.2. The van der Waals surface area contributed by atoms with Crippen LogP contribution < -0.4 is 10.6 Å². The standard InChI is InChI=1S/C19H35N5O3/c1-5-20-17(22-14-16(25)23-11-6-7-12-23)21-10-13-24(15-8-9-15)18(26)27-19(2,3)4/h15H,5-14H2,1-4H3,(H2,20,21,22). The van der Waals surface area contributed by atoms with Gasteiger partial charge >= 0.3 is 6.09 Å². The summed E-state index contributed by atoms with van der Waals surface area (Å²) < 4.78 is 5.51. The maximum atomic E-state index is 12.4. The van der Waals surface area contributed by atoms with Crippen LogP contribution in [0.2, 0.25) is 0 Å². The molecule has 1 aliphatic heterocycles. The maximum absolute atomic E-state index is 12.4. The van der Waals surface area contributed by atoms with Crippen molar-refractivity contribution in [3.05, 3.63) is 0 Å². The molecule has 0 bridgehead atoms. The molecule has 154 valence electrons. The lowest BCUT2D eigenvalue weighted by Gasteiger charge is -2.27. The van der Waals surface area contributed by atoms with Crippen LogP contribution in [0.1, 0.15) is 53.4 Å². The van der Waals surface area contributed by atoms with Crippen LogP contribution in [0.25, 0.3) is 0 Å². The summed E-state index contributed by atoms with van der Waals surface area (Å²) in [7, 11) is 0. The van der Waals surface area contributed by atoms with Crippen molar-refractivity contribution in [2.24, 2.45) is 4.99 Å². The first-order valence-corrected chi connectivity index (χ1v) is 10.1. The Bertz CT molecular complexity index is 534. The number of ether oxygens (including phenoxy) is 1. The predicted molar refractivity (Wildman–Crippen MR) is 106 cm³/mol. The Morgan fingerprint density at radius 3 is 2.41 bits per heavy atom. The van der Waals surface area contributed by atoms with Crippen molar-refractivity contribution in [1.29, 1.82) is 0 Å². The molecule has 8 nitrogen and oxygen atoms in total. The number of guanidine groups is 1. The van der Waals surface area contributed by atoms with E-state index in [1.54, 1.807) is 4.90 Å². The Morgan fingerprint density at radius 2 is 1.85 bits per heavy atom. The quantitative estimate of drug-likeness (QED) is 0.516. The molecule has 2 N–H and O–H groups in total. The molecule has 2 rings (SSSR count). The first-order chi connectivity index (χ1) is 12.8. The van der Waals surface area contributed by atoms with Gasteiger partial charge in [0.1, 0.15) is 12.1 Å². The Hall–Kier alpha value is -1.99. The summed E-state index contributed by atoms with van der Waals surface area (Å²) in [6, 6.07) is 0.276. The van der Waals surface area contributed by atoms with Gasteiger partial charge in [0.25, 0.3) is 0 Å². The number of aliphatic imine (C=N–C) groups is 1. The normalized spacial score (nSPS) is 17.6. The van der Waals surface area contributed by atoms with E-state index in [2.05, 4.69) is 15.6 Å². The molecule has 0 aromatic carbocycles. The van der Waals surface area contributed by atoms with E-state index in [0.29, 0.717) is 25.6 Å². The monoisotopic (exact) mass is 381 g/mol. The molecule has 1 saturated heterocycles. The van der Waals surface area contributed by atoms with Crippen LogP contribution in [-0.4, -0.2) is 78.7 Å². The minimum Gasteiger partial charge on any atom is -0.444 e. The second kappa shape index (κ2) is 9.80. The predicted octanol–water partition coefficient (Wildman–Crippen LogP) is 1.56. The lowest BCUT2D eigenvalue weighted by Crippen LogP contribution is -2.45. The first-order valence-electron chi connectivity index (χ1n) is 10.1. The van der Waals surface area contributed by atoms with Crippen LogP contribution in [0.3, 0.4) is 0 Å². The number of nitrogens with zero attached hydrogens (tertiary/aromatic N) is 3. The van der Waals surface area contributed by atoms with Gasteiger partial charge in [0.05, 0.1) is 0 Å². The van der Waals surface area contributed by atoms with E-state index in [9.17, 15) is 9.59 Å². The summed E-state index contributed by atoms with van der Waals surface area (Å²) in [6.45, 7) is 11.2. The Labute approximate surface area is 162 Å². The fraction of sp³-hybridized carbons (Fsp3) is 0.842. The third kappa shape index (κ3) is 7.64. The number of hydrogen-bond acceptors (Lipinski definition) is 4. The molecule has 2 amide bonds. The van der Waals surface area contributed by atoms with Crippen molar-refractivity contribution >= 4 is 18.0 Å². The van der Waals surface area contributed by atoms with Gasteiger partial charge in [0, 0.05) is 38.8 Å². The first kappa shape index (κ1) is 21.3.